The molecule has 1 rings (SSSR count). The van der Waals surface area contributed by atoms with Crippen molar-refractivity contribution >= 4 is 33.4 Å². The number of carbonyl (C=O) groups is 1. The number of aliphatic hydroxyl groups excluding tert-OH is 1. The molecule has 5 heteroatoms. The summed E-state index contributed by atoms with van der Waals surface area (Å²) in [6.45, 7) is 1.88. The summed E-state index contributed by atoms with van der Waals surface area (Å²) in [6, 6.07) is 5.11. The molecule has 0 aliphatic heterocycles. The lowest BCUT2D eigenvalue weighted by Crippen LogP contribution is -2.33. The van der Waals surface area contributed by atoms with Crippen LogP contribution in [0.4, 0.5) is 0 Å². The molecule has 0 spiro atoms. The van der Waals surface area contributed by atoms with Crippen molar-refractivity contribution in [1.29, 1.82) is 0 Å². The first-order valence-electron chi connectivity index (χ1n) is 4.92. The van der Waals surface area contributed by atoms with Crippen LogP contribution >= 0.6 is 27.5 Å². The molecule has 0 heterocycles. The van der Waals surface area contributed by atoms with Crippen molar-refractivity contribution < 1.29 is 9.90 Å². The van der Waals surface area contributed by atoms with Gasteiger partial charge < -0.3 is 10.4 Å². The summed E-state index contributed by atoms with van der Waals surface area (Å²) in [5.41, 5.74) is 0.425. The van der Waals surface area contributed by atoms with Gasteiger partial charge in [-0.2, -0.15) is 0 Å². The Balaban J connectivity index is 2.80. The van der Waals surface area contributed by atoms with Crippen molar-refractivity contribution in [3.8, 4) is 0 Å². The quantitative estimate of drug-likeness (QED) is 0.898. The van der Waals surface area contributed by atoms with Crippen LogP contribution in [0.5, 0.6) is 0 Å². The second-order valence-corrected chi connectivity index (χ2v) is 4.74. The van der Waals surface area contributed by atoms with Crippen LogP contribution in [0.3, 0.4) is 0 Å². The molecule has 0 radical (unpaired) electrons. The first-order valence-corrected chi connectivity index (χ1v) is 6.09. The highest BCUT2D eigenvalue weighted by atomic mass is 79.9. The number of hydrogen-bond donors (Lipinski definition) is 2. The van der Waals surface area contributed by atoms with Crippen LogP contribution in [0.15, 0.2) is 22.7 Å². The third-order valence-electron chi connectivity index (χ3n) is 2.13. The average Bonchev–Trinajstić information content (AvgIpc) is 2.17. The molecule has 0 aromatic heterocycles. The van der Waals surface area contributed by atoms with Gasteiger partial charge in [0, 0.05) is 17.1 Å². The maximum absolute atomic E-state index is 11.9. The number of benzene rings is 1. The fraction of sp³-hybridized carbons (Fsp3) is 0.364. The van der Waals surface area contributed by atoms with Gasteiger partial charge in [0.05, 0.1) is 10.6 Å². The molecule has 1 aromatic carbocycles. The number of halogens is 2. The highest BCUT2D eigenvalue weighted by Crippen LogP contribution is 2.24. The van der Waals surface area contributed by atoms with Gasteiger partial charge in [-0.25, -0.2) is 0 Å². The monoisotopic (exact) mass is 305 g/mol. The molecule has 0 aliphatic carbocycles. The zero-order chi connectivity index (χ0) is 12.1. The number of carbonyl (C=O) groups excluding carboxylic acids is 1. The summed E-state index contributed by atoms with van der Waals surface area (Å²) in [5.74, 6) is -0.238. The summed E-state index contributed by atoms with van der Waals surface area (Å²) in [7, 11) is 0. The maximum Gasteiger partial charge on any atom is 0.254 e. The number of nitrogens with one attached hydrogen (secondary N) is 1. The molecule has 1 atom stereocenters. The zero-order valence-corrected chi connectivity index (χ0v) is 11.2. The predicted octanol–water partition coefficient (Wildman–Crippen LogP) is 2.60. The van der Waals surface area contributed by atoms with Crippen molar-refractivity contribution in [2.45, 2.75) is 19.4 Å². The molecule has 0 fully saturated rings. The Hall–Kier alpha value is -0.580. The lowest BCUT2D eigenvalue weighted by Gasteiger charge is -2.13. The molecule has 3 nitrogen and oxygen atoms in total. The Morgan fingerprint density at radius 2 is 2.31 bits per heavy atom. The molecule has 0 bridgehead atoms. The van der Waals surface area contributed by atoms with E-state index in [4.69, 9.17) is 16.7 Å². The van der Waals surface area contributed by atoms with Gasteiger partial charge in [0.25, 0.3) is 5.91 Å². The van der Waals surface area contributed by atoms with E-state index in [9.17, 15) is 4.79 Å². The Morgan fingerprint density at radius 1 is 1.62 bits per heavy atom. The van der Waals surface area contributed by atoms with Gasteiger partial charge >= 0.3 is 0 Å². The van der Waals surface area contributed by atoms with E-state index in [2.05, 4.69) is 21.2 Å². The van der Waals surface area contributed by atoms with E-state index in [-0.39, 0.29) is 18.6 Å². The smallest absolute Gasteiger partial charge is 0.254 e. The van der Waals surface area contributed by atoms with Crippen molar-refractivity contribution in [3.63, 3.8) is 0 Å². The molecular formula is C11H13BrClNO2. The van der Waals surface area contributed by atoms with Gasteiger partial charge in [0.1, 0.15) is 0 Å². The van der Waals surface area contributed by atoms with Crippen LogP contribution in [-0.2, 0) is 0 Å². The first-order chi connectivity index (χ1) is 7.56. The topological polar surface area (TPSA) is 49.3 Å². The first kappa shape index (κ1) is 13.5. The maximum atomic E-state index is 11.9. The standard InChI is InChI=1S/C11H13BrClNO2/c1-7(5-6-15)14-11(16)10-8(12)3-2-4-9(10)13/h2-4,7,15H,5-6H2,1H3,(H,14,16)/t7-/m1/s1. The van der Waals surface area contributed by atoms with Crippen LogP contribution < -0.4 is 5.32 Å². The minimum absolute atomic E-state index is 0.0468. The van der Waals surface area contributed by atoms with Crippen LogP contribution in [-0.4, -0.2) is 23.7 Å². The van der Waals surface area contributed by atoms with Crippen LogP contribution in [0.1, 0.15) is 23.7 Å². The highest BCUT2D eigenvalue weighted by Gasteiger charge is 2.15. The number of amides is 1. The van der Waals surface area contributed by atoms with E-state index >= 15 is 0 Å². The molecule has 1 aromatic rings. The Morgan fingerprint density at radius 3 is 2.88 bits per heavy atom. The van der Waals surface area contributed by atoms with E-state index in [1.807, 2.05) is 6.92 Å². The van der Waals surface area contributed by atoms with E-state index in [0.29, 0.717) is 21.5 Å². The minimum atomic E-state index is -0.238. The summed E-state index contributed by atoms with van der Waals surface area (Å²) in [4.78, 5) is 11.9. The van der Waals surface area contributed by atoms with Crippen molar-refractivity contribution in [2.24, 2.45) is 0 Å². The second kappa shape index (κ2) is 6.23. The molecule has 0 unspecified atom stereocenters. The third-order valence-corrected chi connectivity index (χ3v) is 3.11. The number of hydrogen-bond acceptors (Lipinski definition) is 2. The summed E-state index contributed by atoms with van der Waals surface area (Å²) < 4.78 is 0.661. The molecule has 1 amide bonds. The molecule has 0 saturated heterocycles. The fourth-order valence-corrected chi connectivity index (χ4v) is 2.20. The van der Waals surface area contributed by atoms with E-state index in [1.54, 1.807) is 18.2 Å². The molecule has 16 heavy (non-hydrogen) atoms. The minimum Gasteiger partial charge on any atom is -0.396 e. The third kappa shape index (κ3) is 3.47. The zero-order valence-electron chi connectivity index (χ0n) is 8.84. The Bertz CT molecular complexity index is 364. The summed E-state index contributed by atoms with van der Waals surface area (Å²) in [5, 5.41) is 11.9. The largest absolute Gasteiger partial charge is 0.396 e. The van der Waals surface area contributed by atoms with Crippen molar-refractivity contribution in [1.82, 2.24) is 5.32 Å². The fourth-order valence-electron chi connectivity index (χ4n) is 1.28. The SMILES string of the molecule is C[C@H](CCO)NC(=O)c1c(Cl)cccc1Br. The molecular weight excluding hydrogens is 293 g/mol. The summed E-state index contributed by atoms with van der Waals surface area (Å²) >= 11 is 9.23. The van der Waals surface area contributed by atoms with Crippen LogP contribution in [0.25, 0.3) is 0 Å². The Labute approximate surface area is 108 Å². The van der Waals surface area contributed by atoms with Gasteiger partial charge in [-0.05, 0) is 41.4 Å². The highest BCUT2D eigenvalue weighted by molar-refractivity contribution is 9.10. The number of rotatable bonds is 4. The van der Waals surface area contributed by atoms with Crippen LogP contribution in [0, 0.1) is 0 Å². The van der Waals surface area contributed by atoms with Gasteiger partial charge in [-0.3, -0.25) is 4.79 Å². The van der Waals surface area contributed by atoms with Gasteiger partial charge in [-0.1, -0.05) is 17.7 Å². The van der Waals surface area contributed by atoms with Crippen molar-refractivity contribution in [2.75, 3.05) is 6.61 Å². The molecule has 88 valence electrons. The van der Waals surface area contributed by atoms with E-state index < -0.39 is 0 Å². The van der Waals surface area contributed by atoms with Crippen molar-refractivity contribution in [3.05, 3.63) is 33.3 Å². The van der Waals surface area contributed by atoms with Gasteiger partial charge in [-0.15, -0.1) is 0 Å². The predicted molar refractivity (Wildman–Crippen MR) is 67.8 cm³/mol. The lowest BCUT2D eigenvalue weighted by atomic mass is 10.2. The average molecular weight is 307 g/mol. The molecule has 0 aliphatic rings. The molecule has 0 saturated carbocycles. The lowest BCUT2D eigenvalue weighted by molar-refractivity contribution is 0.0934. The van der Waals surface area contributed by atoms with E-state index in [0.717, 1.165) is 0 Å². The Kier molecular flexibility index (Phi) is 5.25. The second-order valence-electron chi connectivity index (χ2n) is 3.48. The van der Waals surface area contributed by atoms with Gasteiger partial charge in [0.15, 0.2) is 0 Å². The normalized spacial score (nSPS) is 12.2. The van der Waals surface area contributed by atoms with Crippen LogP contribution in [0.2, 0.25) is 5.02 Å². The summed E-state index contributed by atoms with van der Waals surface area (Å²) in [6.07, 6.45) is 0.522. The molecule has 2 N–H and O–H groups in total. The van der Waals surface area contributed by atoms with Gasteiger partial charge in [0.2, 0.25) is 0 Å². The number of aliphatic hydroxyl groups is 1. The van der Waals surface area contributed by atoms with E-state index in [1.165, 1.54) is 0 Å².